The number of aromatic nitrogens is 1. The van der Waals surface area contributed by atoms with E-state index in [1.807, 2.05) is 4.90 Å². The van der Waals surface area contributed by atoms with Crippen LogP contribution in [0.2, 0.25) is 0 Å². The first-order chi connectivity index (χ1) is 15.6. The summed E-state index contributed by atoms with van der Waals surface area (Å²) in [5.74, 6) is -0.335. The quantitative estimate of drug-likeness (QED) is 0.660. The van der Waals surface area contributed by atoms with Gasteiger partial charge in [-0.1, -0.05) is 30.3 Å². The van der Waals surface area contributed by atoms with Gasteiger partial charge >= 0.3 is 0 Å². The number of fused-ring (bicyclic) bond motifs is 4. The average molecular weight is 432 g/mol. The Balaban J connectivity index is 1.18. The number of rotatable bonds is 2. The maximum atomic E-state index is 14.0. The van der Waals surface area contributed by atoms with E-state index in [0.717, 1.165) is 30.6 Å². The van der Waals surface area contributed by atoms with Crippen LogP contribution in [0.15, 0.2) is 66.9 Å². The van der Waals surface area contributed by atoms with Gasteiger partial charge in [0.05, 0.1) is 35.7 Å². The standard InChI is InChI=1S/C26H26FN3O2/c27-20-7-2-1-6-19(20)16-24(31)29-14-11-25(12-15-29)17-26(18-32-25)23-10-5-13-30(23)22-9-4-3-8-21(22)28-26/h1-10,13,28H,11-12,14-18H2. The lowest BCUT2D eigenvalue weighted by molar-refractivity contribution is -0.135. The lowest BCUT2D eigenvalue weighted by atomic mass is 9.79. The summed E-state index contributed by atoms with van der Waals surface area (Å²) < 4.78 is 22.7. The van der Waals surface area contributed by atoms with E-state index < -0.39 is 0 Å². The Labute approximate surface area is 186 Å². The van der Waals surface area contributed by atoms with Crippen molar-refractivity contribution in [2.75, 3.05) is 25.0 Å². The monoisotopic (exact) mass is 431 g/mol. The molecule has 2 saturated heterocycles. The van der Waals surface area contributed by atoms with Gasteiger partial charge in [0.25, 0.3) is 0 Å². The molecule has 2 fully saturated rings. The number of nitrogens with one attached hydrogen (secondary N) is 1. The van der Waals surface area contributed by atoms with Gasteiger partial charge in [-0.2, -0.15) is 0 Å². The molecule has 6 heteroatoms. The van der Waals surface area contributed by atoms with E-state index in [0.29, 0.717) is 25.3 Å². The Morgan fingerprint density at radius 2 is 1.81 bits per heavy atom. The molecule has 3 aliphatic heterocycles. The largest absolute Gasteiger partial charge is 0.372 e. The number of hydrogen-bond acceptors (Lipinski definition) is 3. The number of carbonyl (C=O) groups excluding carboxylic acids is 1. The number of hydrogen-bond donors (Lipinski definition) is 1. The minimum absolute atomic E-state index is 0.0174. The van der Waals surface area contributed by atoms with Gasteiger partial charge in [-0.3, -0.25) is 4.79 Å². The van der Waals surface area contributed by atoms with Crippen molar-refractivity contribution in [1.29, 1.82) is 0 Å². The van der Waals surface area contributed by atoms with Crippen LogP contribution in [0.3, 0.4) is 0 Å². The van der Waals surface area contributed by atoms with Gasteiger partial charge in [0, 0.05) is 25.7 Å². The normalized spacial score (nSPS) is 23.1. The van der Waals surface area contributed by atoms with Crippen LogP contribution >= 0.6 is 0 Å². The molecule has 3 aromatic rings. The molecule has 5 nitrogen and oxygen atoms in total. The van der Waals surface area contributed by atoms with Crippen LogP contribution in [-0.4, -0.2) is 40.7 Å². The molecule has 0 saturated carbocycles. The van der Waals surface area contributed by atoms with E-state index in [9.17, 15) is 9.18 Å². The minimum atomic E-state index is -0.318. The number of halogens is 1. The van der Waals surface area contributed by atoms with Crippen molar-refractivity contribution >= 4 is 11.6 Å². The van der Waals surface area contributed by atoms with Crippen molar-refractivity contribution in [3.05, 3.63) is 83.9 Å². The molecule has 2 spiro atoms. The predicted octanol–water partition coefficient (Wildman–Crippen LogP) is 4.26. The van der Waals surface area contributed by atoms with Crippen LogP contribution in [0, 0.1) is 5.82 Å². The summed E-state index contributed by atoms with van der Waals surface area (Å²) in [6.45, 7) is 1.89. The highest BCUT2D eigenvalue weighted by Crippen LogP contribution is 2.50. The molecule has 164 valence electrons. The molecule has 0 bridgehead atoms. The number of amides is 1. The lowest BCUT2D eigenvalue weighted by Gasteiger charge is -2.41. The number of anilines is 1. The van der Waals surface area contributed by atoms with Crippen LogP contribution in [0.4, 0.5) is 10.1 Å². The summed E-state index contributed by atoms with van der Waals surface area (Å²) in [6, 6.07) is 19.1. The number of benzene rings is 2. The first-order valence-corrected chi connectivity index (χ1v) is 11.3. The molecule has 2 aromatic carbocycles. The molecule has 32 heavy (non-hydrogen) atoms. The van der Waals surface area contributed by atoms with Gasteiger partial charge in [-0.15, -0.1) is 0 Å². The van der Waals surface area contributed by atoms with Crippen molar-refractivity contribution < 1.29 is 13.9 Å². The lowest BCUT2D eigenvalue weighted by Crippen LogP contribution is -2.48. The molecule has 1 amide bonds. The third-order valence-corrected chi connectivity index (χ3v) is 7.35. The zero-order valence-electron chi connectivity index (χ0n) is 17.9. The Kier molecular flexibility index (Phi) is 4.40. The van der Waals surface area contributed by atoms with E-state index >= 15 is 0 Å². The second-order valence-corrected chi connectivity index (χ2v) is 9.29. The Morgan fingerprint density at radius 1 is 1.03 bits per heavy atom. The SMILES string of the molecule is O=C(Cc1ccccc1F)N1CCC2(CC1)CC1(CO2)Nc2ccccc2-n2cccc21. The molecule has 1 unspecified atom stereocenters. The van der Waals surface area contributed by atoms with E-state index in [1.54, 1.807) is 18.2 Å². The van der Waals surface area contributed by atoms with Crippen LogP contribution in [0.5, 0.6) is 0 Å². The second-order valence-electron chi connectivity index (χ2n) is 9.29. The van der Waals surface area contributed by atoms with Crippen molar-refractivity contribution in [3.63, 3.8) is 0 Å². The molecular formula is C26H26FN3O2. The molecule has 0 radical (unpaired) electrons. The molecule has 1 aromatic heterocycles. The summed E-state index contributed by atoms with van der Waals surface area (Å²) in [4.78, 5) is 14.6. The first kappa shape index (κ1) is 19.6. The summed E-state index contributed by atoms with van der Waals surface area (Å²) >= 11 is 0. The maximum absolute atomic E-state index is 14.0. The number of para-hydroxylation sites is 2. The smallest absolute Gasteiger partial charge is 0.227 e. The molecule has 0 aliphatic carbocycles. The fraction of sp³-hybridized carbons (Fsp3) is 0.346. The van der Waals surface area contributed by atoms with Crippen LogP contribution in [0.1, 0.15) is 30.5 Å². The van der Waals surface area contributed by atoms with Gasteiger partial charge in [0.1, 0.15) is 11.4 Å². The van der Waals surface area contributed by atoms with Gasteiger partial charge < -0.3 is 19.5 Å². The Hall–Kier alpha value is -3.12. The first-order valence-electron chi connectivity index (χ1n) is 11.3. The molecular weight excluding hydrogens is 405 g/mol. The topological polar surface area (TPSA) is 46.5 Å². The van der Waals surface area contributed by atoms with Crippen LogP contribution < -0.4 is 5.32 Å². The van der Waals surface area contributed by atoms with Gasteiger partial charge in [-0.05, 0) is 48.7 Å². The van der Waals surface area contributed by atoms with E-state index in [4.69, 9.17) is 4.74 Å². The van der Waals surface area contributed by atoms with Gasteiger partial charge in [-0.25, -0.2) is 4.39 Å². The predicted molar refractivity (Wildman–Crippen MR) is 120 cm³/mol. The third kappa shape index (κ3) is 3.05. The third-order valence-electron chi connectivity index (χ3n) is 7.35. The van der Waals surface area contributed by atoms with Crippen molar-refractivity contribution in [2.45, 2.75) is 36.8 Å². The van der Waals surface area contributed by atoms with Crippen LogP contribution in [0.25, 0.3) is 5.69 Å². The molecule has 6 rings (SSSR count). The summed E-state index contributed by atoms with van der Waals surface area (Å²) in [6.07, 6.45) is 4.68. The molecule has 1 atom stereocenters. The zero-order valence-corrected chi connectivity index (χ0v) is 17.9. The number of ether oxygens (including phenoxy) is 1. The fourth-order valence-corrected chi connectivity index (χ4v) is 5.67. The van der Waals surface area contributed by atoms with Gasteiger partial charge in [0.2, 0.25) is 5.91 Å². The average Bonchev–Trinajstić information content (AvgIpc) is 3.43. The molecule has 1 N–H and O–H groups in total. The van der Waals surface area contributed by atoms with E-state index in [2.05, 4.69) is 52.5 Å². The highest BCUT2D eigenvalue weighted by molar-refractivity contribution is 5.79. The highest BCUT2D eigenvalue weighted by Gasteiger charge is 2.54. The van der Waals surface area contributed by atoms with Crippen LogP contribution in [-0.2, 0) is 21.5 Å². The summed E-state index contributed by atoms with van der Waals surface area (Å²) in [7, 11) is 0. The summed E-state index contributed by atoms with van der Waals surface area (Å²) in [5.41, 5.74) is 3.45. The second kappa shape index (κ2) is 7.20. The maximum Gasteiger partial charge on any atom is 0.227 e. The Morgan fingerprint density at radius 3 is 2.66 bits per heavy atom. The fourth-order valence-electron chi connectivity index (χ4n) is 5.67. The van der Waals surface area contributed by atoms with Crippen molar-refractivity contribution in [3.8, 4) is 5.69 Å². The summed E-state index contributed by atoms with van der Waals surface area (Å²) in [5, 5.41) is 3.79. The number of carbonyl (C=O) groups is 1. The highest BCUT2D eigenvalue weighted by atomic mass is 19.1. The molecule has 3 aliphatic rings. The van der Waals surface area contributed by atoms with Gasteiger partial charge in [0.15, 0.2) is 0 Å². The van der Waals surface area contributed by atoms with E-state index in [1.165, 1.54) is 11.8 Å². The van der Waals surface area contributed by atoms with Crippen molar-refractivity contribution in [1.82, 2.24) is 9.47 Å². The molecule has 4 heterocycles. The number of likely N-dealkylation sites (tertiary alicyclic amines) is 1. The van der Waals surface area contributed by atoms with E-state index in [-0.39, 0.29) is 29.3 Å². The number of nitrogens with zero attached hydrogens (tertiary/aromatic N) is 2. The van der Waals surface area contributed by atoms with Crippen molar-refractivity contribution in [2.24, 2.45) is 0 Å². The minimum Gasteiger partial charge on any atom is -0.372 e. The zero-order chi connectivity index (χ0) is 21.8. The Bertz CT molecular complexity index is 1180. The number of piperidine rings is 1.